The van der Waals surface area contributed by atoms with E-state index in [2.05, 4.69) is 0 Å². The minimum Gasteiger partial charge on any atom is -0.443 e. The highest BCUT2D eigenvalue weighted by atomic mass is 32.2. The van der Waals surface area contributed by atoms with Crippen molar-refractivity contribution >= 4 is 27.8 Å². The first kappa shape index (κ1) is 18.4. The lowest BCUT2D eigenvalue weighted by Gasteiger charge is -2.19. The van der Waals surface area contributed by atoms with Crippen LogP contribution in [0.2, 0.25) is 0 Å². The van der Waals surface area contributed by atoms with Crippen LogP contribution < -0.4 is 0 Å². The Morgan fingerprint density at radius 1 is 1.00 bits per heavy atom. The van der Waals surface area contributed by atoms with Gasteiger partial charge in [0.25, 0.3) is 0 Å². The van der Waals surface area contributed by atoms with E-state index >= 15 is 0 Å². The van der Waals surface area contributed by atoms with Gasteiger partial charge in [-0.05, 0) is 38.0 Å². The number of benzene rings is 2. The van der Waals surface area contributed by atoms with Gasteiger partial charge in [-0.15, -0.1) is 0 Å². The van der Waals surface area contributed by atoms with Crippen molar-refractivity contribution in [3.63, 3.8) is 0 Å². The molecule has 1 unspecified atom stereocenters. The summed E-state index contributed by atoms with van der Waals surface area (Å²) in [6.07, 6.45) is 1.33. The Morgan fingerprint density at radius 2 is 1.65 bits per heavy atom. The van der Waals surface area contributed by atoms with Crippen molar-refractivity contribution < 1.29 is 13.7 Å². The molecule has 3 rings (SSSR count). The second-order valence-corrected chi connectivity index (χ2v) is 8.69. The molecule has 0 aliphatic rings. The van der Waals surface area contributed by atoms with Crippen molar-refractivity contribution in [3.8, 4) is 0 Å². The van der Waals surface area contributed by atoms with Gasteiger partial charge in [-0.2, -0.15) is 0 Å². The zero-order valence-corrected chi connectivity index (χ0v) is 16.1. The van der Waals surface area contributed by atoms with Gasteiger partial charge in [-0.3, -0.25) is 8.78 Å². The maximum absolute atomic E-state index is 12.6. The molecule has 2 aromatic carbocycles. The van der Waals surface area contributed by atoms with Gasteiger partial charge in [0.05, 0.1) is 11.3 Å². The van der Waals surface area contributed by atoms with E-state index in [0.29, 0.717) is 11.5 Å². The van der Waals surface area contributed by atoms with Gasteiger partial charge in [-0.25, -0.2) is 4.79 Å². The molecular weight excluding hydrogens is 346 g/mol. The van der Waals surface area contributed by atoms with E-state index in [1.54, 1.807) is 6.20 Å². The molecular formula is C21H23NO3S. The molecule has 0 bridgehead atoms. The number of carbonyl (C=O) groups excluding carboxylic acids is 1. The molecule has 26 heavy (non-hydrogen) atoms. The highest BCUT2D eigenvalue weighted by molar-refractivity contribution is 7.83. The third-order valence-corrected chi connectivity index (χ3v) is 5.16. The van der Waals surface area contributed by atoms with Crippen molar-refractivity contribution in [2.45, 2.75) is 37.9 Å². The maximum Gasteiger partial charge on any atom is 0.419 e. The molecule has 0 saturated carbocycles. The number of aromatic nitrogens is 1. The van der Waals surface area contributed by atoms with E-state index < -0.39 is 22.5 Å². The van der Waals surface area contributed by atoms with Crippen molar-refractivity contribution in [1.82, 2.24) is 4.57 Å². The number of rotatable bonds is 4. The summed E-state index contributed by atoms with van der Waals surface area (Å²) in [6, 6.07) is 17.4. The summed E-state index contributed by atoms with van der Waals surface area (Å²) in [5.74, 6) is 0.887. The van der Waals surface area contributed by atoms with E-state index in [-0.39, 0.29) is 0 Å². The minimum absolute atomic E-state index is 0.394. The smallest absolute Gasteiger partial charge is 0.419 e. The Bertz CT molecular complexity index is 939. The molecule has 0 saturated heterocycles. The first-order chi connectivity index (χ1) is 12.3. The lowest BCUT2D eigenvalue weighted by molar-refractivity contribution is 0.0544. The summed E-state index contributed by atoms with van der Waals surface area (Å²) in [6.45, 7) is 5.52. The maximum atomic E-state index is 12.6. The Hall–Kier alpha value is -2.40. The summed E-state index contributed by atoms with van der Waals surface area (Å²) < 4.78 is 19.6. The van der Waals surface area contributed by atoms with Crippen LogP contribution >= 0.6 is 0 Å². The van der Waals surface area contributed by atoms with E-state index in [1.807, 2.05) is 75.4 Å². The second kappa shape index (κ2) is 7.46. The Labute approximate surface area is 156 Å². The molecule has 0 aliphatic heterocycles. The number of hydrogen-bond donors (Lipinski definition) is 0. The number of hydrogen-bond acceptors (Lipinski definition) is 3. The first-order valence-corrected chi connectivity index (χ1v) is 10.0. The van der Waals surface area contributed by atoms with Crippen LogP contribution in [0.1, 0.15) is 31.9 Å². The van der Waals surface area contributed by atoms with Gasteiger partial charge in [0, 0.05) is 28.1 Å². The molecule has 0 amide bonds. The average Bonchev–Trinajstić information content (AvgIpc) is 2.93. The quantitative estimate of drug-likeness (QED) is 0.659. The monoisotopic (exact) mass is 369 g/mol. The lowest BCUT2D eigenvalue weighted by Crippen LogP contribution is -2.26. The van der Waals surface area contributed by atoms with Gasteiger partial charge in [0.15, 0.2) is 0 Å². The van der Waals surface area contributed by atoms with Gasteiger partial charge in [0.1, 0.15) is 5.60 Å². The molecule has 4 nitrogen and oxygen atoms in total. The van der Waals surface area contributed by atoms with E-state index in [0.717, 1.165) is 22.0 Å². The number of para-hydroxylation sites is 1. The number of carbonyl (C=O) groups is 1. The molecule has 0 N–H and O–H groups in total. The van der Waals surface area contributed by atoms with Crippen molar-refractivity contribution in [1.29, 1.82) is 0 Å². The van der Waals surface area contributed by atoms with Crippen molar-refractivity contribution in [2.75, 3.05) is 0 Å². The zero-order chi connectivity index (χ0) is 18.7. The molecule has 0 aliphatic carbocycles. The predicted molar refractivity (Wildman–Crippen MR) is 106 cm³/mol. The minimum atomic E-state index is -1.06. The van der Waals surface area contributed by atoms with E-state index in [1.165, 1.54) is 4.57 Å². The van der Waals surface area contributed by atoms with Crippen LogP contribution in [0.15, 0.2) is 60.8 Å². The van der Waals surface area contributed by atoms with E-state index in [4.69, 9.17) is 4.74 Å². The largest absolute Gasteiger partial charge is 0.443 e. The summed E-state index contributed by atoms with van der Waals surface area (Å²) in [4.78, 5) is 12.5. The van der Waals surface area contributed by atoms with Crippen LogP contribution in [0.25, 0.3) is 10.9 Å². The summed E-state index contributed by atoms with van der Waals surface area (Å²) in [5.41, 5.74) is 2.13. The molecule has 0 spiro atoms. The number of fused-ring (bicyclic) bond motifs is 1. The van der Waals surface area contributed by atoms with E-state index in [9.17, 15) is 9.00 Å². The molecule has 0 fully saturated rings. The fourth-order valence-corrected chi connectivity index (χ4v) is 4.06. The Morgan fingerprint density at radius 3 is 2.35 bits per heavy atom. The van der Waals surface area contributed by atoms with Crippen LogP contribution in [0.4, 0.5) is 4.79 Å². The van der Waals surface area contributed by atoms with Crippen LogP contribution in [-0.4, -0.2) is 20.5 Å². The van der Waals surface area contributed by atoms with Gasteiger partial charge < -0.3 is 4.74 Å². The fraction of sp³-hybridized carbons (Fsp3) is 0.286. The summed E-state index contributed by atoms with van der Waals surface area (Å²) in [5, 5.41) is 0.930. The third kappa shape index (κ3) is 4.41. The zero-order valence-electron chi connectivity index (χ0n) is 15.3. The summed E-state index contributed by atoms with van der Waals surface area (Å²) >= 11 is 0. The number of ether oxygens (including phenoxy) is 1. The third-order valence-electron chi connectivity index (χ3n) is 3.87. The predicted octanol–water partition coefficient (Wildman–Crippen LogP) is 4.87. The molecule has 5 heteroatoms. The molecule has 1 heterocycles. The van der Waals surface area contributed by atoms with Gasteiger partial charge in [0.2, 0.25) is 0 Å². The molecule has 0 radical (unpaired) electrons. The topological polar surface area (TPSA) is 48.3 Å². The van der Waals surface area contributed by atoms with Gasteiger partial charge >= 0.3 is 6.09 Å². The van der Waals surface area contributed by atoms with Crippen LogP contribution in [-0.2, 0) is 27.0 Å². The Balaban J connectivity index is 1.87. The fourth-order valence-electron chi connectivity index (χ4n) is 2.81. The molecule has 3 aromatic rings. The average molecular weight is 369 g/mol. The van der Waals surface area contributed by atoms with Crippen LogP contribution in [0, 0.1) is 0 Å². The highest BCUT2D eigenvalue weighted by Crippen LogP contribution is 2.24. The normalized spacial score (nSPS) is 12.9. The Kier molecular flexibility index (Phi) is 5.28. The summed E-state index contributed by atoms with van der Waals surface area (Å²) in [7, 11) is -1.06. The standard InChI is InChI=1S/C21H23NO3S/c1-21(2,3)25-20(23)22-13-17(18-11-7-8-12-19(18)22)15-26(24)14-16-9-5-4-6-10-16/h4-13H,14-15H2,1-3H3. The van der Waals surface area contributed by atoms with Crippen molar-refractivity contribution in [3.05, 3.63) is 71.9 Å². The van der Waals surface area contributed by atoms with Crippen molar-refractivity contribution in [2.24, 2.45) is 0 Å². The molecule has 136 valence electrons. The van der Waals surface area contributed by atoms with Crippen LogP contribution in [0.5, 0.6) is 0 Å². The number of nitrogens with zero attached hydrogens (tertiary/aromatic N) is 1. The lowest BCUT2D eigenvalue weighted by atomic mass is 10.2. The highest BCUT2D eigenvalue weighted by Gasteiger charge is 2.21. The molecule has 1 aromatic heterocycles. The first-order valence-electron chi connectivity index (χ1n) is 8.55. The molecule has 1 atom stereocenters. The van der Waals surface area contributed by atoms with Crippen LogP contribution in [0.3, 0.4) is 0 Å². The van der Waals surface area contributed by atoms with Gasteiger partial charge in [-0.1, -0.05) is 48.5 Å². The second-order valence-electron chi connectivity index (χ2n) is 7.24. The SMILES string of the molecule is CC(C)(C)OC(=O)n1cc(CS(=O)Cc2ccccc2)c2ccccc21.